The van der Waals surface area contributed by atoms with Crippen molar-refractivity contribution in [2.45, 2.75) is 51.0 Å². The van der Waals surface area contributed by atoms with Gasteiger partial charge in [-0.2, -0.15) is 0 Å². The first-order valence-electron chi connectivity index (χ1n) is 8.00. The molecule has 3 rings (SSSR count). The van der Waals surface area contributed by atoms with E-state index < -0.39 is 0 Å². The third-order valence-corrected chi connectivity index (χ3v) is 5.25. The molecule has 110 valence electrons. The molecule has 0 atom stereocenters. The summed E-state index contributed by atoms with van der Waals surface area (Å²) in [5, 5.41) is 3.79. The summed E-state index contributed by atoms with van der Waals surface area (Å²) in [5.41, 5.74) is 3.45. The van der Waals surface area contributed by atoms with Crippen molar-refractivity contribution in [2.75, 3.05) is 20.3 Å². The Balaban J connectivity index is 1.39. The lowest BCUT2D eigenvalue weighted by Gasteiger charge is -2.37. The Kier molecular flexibility index (Phi) is 4.13. The highest BCUT2D eigenvalue weighted by atomic mass is 16.5. The van der Waals surface area contributed by atoms with Crippen molar-refractivity contribution in [3.63, 3.8) is 0 Å². The zero-order valence-corrected chi connectivity index (χ0v) is 12.8. The average Bonchev–Trinajstić information content (AvgIpc) is 3.17. The fourth-order valence-corrected chi connectivity index (χ4v) is 3.27. The van der Waals surface area contributed by atoms with Crippen LogP contribution in [0.2, 0.25) is 0 Å². The van der Waals surface area contributed by atoms with Crippen molar-refractivity contribution in [3.05, 3.63) is 35.4 Å². The highest BCUT2D eigenvalue weighted by Crippen LogP contribution is 2.48. The summed E-state index contributed by atoms with van der Waals surface area (Å²) in [6.45, 7) is 4.27. The van der Waals surface area contributed by atoms with Gasteiger partial charge in [0.15, 0.2) is 0 Å². The Morgan fingerprint density at radius 3 is 2.50 bits per heavy atom. The minimum absolute atomic E-state index is 0.574. The first-order valence-corrected chi connectivity index (χ1v) is 8.00. The summed E-state index contributed by atoms with van der Waals surface area (Å²) in [7, 11) is 1.81. The number of methoxy groups -OCH3 is 1. The Bertz CT molecular complexity index is 429. The zero-order chi connectivity index (χ0) is 14.0. The fraction of sp³-hybridized carbons (Fsp3) is 0.667. The second-order valence-electron chi connectivity index (χ2n) is 6.90. The molecule has 1 aromatic carbocycles. The molecule has 0 radical (unpaired) electrons. The third kappa shape index (κ3) is 3.24. The number of hydrogen-bond donors (Lipinski definition) is 1. The Hall–Kier alpha value is -0.860. The summed E-state index contributed by atoms with van der Waals surface area (Å²) >= 11 is 0. The van der Waals surface area contributed by atoms with Crippen LogP contribution in [0.4, 0.5) is 0 Å². The molecule has 0 unspecified atom stereocenters. The predicted molar refractivity (Wildman–Crippen MR) is 83.1 cm³/mol. The van der Waals surface area contributed by atoms with Crippen LogP contribution in [0.1, 0.15) is 49.1 Å². The molecule has 0 bridgehead atoms. The van der Waals surface area contributed by atoms with Gasteiger partial charge in [0, 0.05) is 26.3 Å². The van der Waals surface area contributed by atoms with E-state index in [0.717, 1.165) is 18.6 Å². The number of aryl methyl sites for hydroxylation is 1. The quantitative estimate of drug-likeness (QED) is 0.819. The second kappa shape index (κ2) is 5.87. The Morgan fingerprint density at radius 2 is 1.90 bits per heavy atom. The van der Waals surface area contributed by atoms with Crippen molar-refractivity contribution in [1.29, 1.82) is 0 Å². The molecule has 2 fully saturated rings. The first-order chi connectivity index (χ1) is 9.71. The Morgan fingerprint density at radius 1 is 1.20 bits per heavy atom. The van der Waals surface area contributed by atoms with E-state index in [4.69, 9.17) is 4.74 Å². The van der Waals surface area contributed by atoms with Crippen molar-refractivity contribution >= 4 is 0 Å². The minimum Gasteiger partial charge on any atom is -0.385 e. The van der Waals surface area contributed by atoms with Gasteiger partial charge >= 0.3 is 0 Å². The smallest absolute Gasteiger partial charge is 0.0468 e. The summed E-state index contributed by atoms with van der Waals surface area (Å²) < 4.78 is 5.22. The SMILES string of the molecule is COCCC1(CNC2CC(c3ccc(C)cc3)C2)CC1. The molecule has 0 aliphatic heterocycles. The van der Waals surface area contributed by atoms with Crippen LogP contribution in [-0.2, 0) is 4.74 Å². The molecule has 1 aromatic rings. The molecule has 2 saturated carbocycles. The van der Waals surface area contributed by atoms with Crippen molar-refractivity contribution in [1.82, 2.24) is 5.32 Å². The topological polar surface area (TPSA) is 21.3 Å². The van der Waals surface area contributed by atoms with E-state index >= 15 is 0 Å². The normalized spacial score (nSPS) is 27.1. The van der Waals surface area contributed by atoms with Gasteiger partial charge in [-0.15, -0.1) is 0 Å². The first kappa shape index (κ1) is 14.1. The summed E-state index contributed by atoms with van der Waals surface area (Å²) in [6, 6.07) is 9.82. The molecule has 20 heavy (non-hydrogen) atoms. The molecule has 0 amide bonds. The minimum atomic E-state index is 0.574. The summed E-state index contributed by atoms with van der Waals surface area (Å²) in [6.07, 6.45) is 6.62. The maximum Gasteiger partial charge on any atom is 0.0468 e. The van der Waals surface area contributed by atoms with Crippen LogP contribution in [0.5, 0.6) is 0 Å². The van der Waals surface area contributed by atoms with E-state index in [1.165, 1.54) is 49.8 Å². The molecule has 1 N–H and O–H groups in total. The molecule has 0 spiro atoms. The lowest BCUT2D eigenvalue weighted by molar-refractivity contribution is 0.166. The van der Waals surface area contributed by atoms with Crippen LogP contribution in [0.15, 0.2) is 24.3 Å². The van der Waals surface area contributed by atoms with E-state index in [1.807, 2.05) is 7.11 Å². The molecule has 2 aliphatic carbocycles. The number of hydrogen-bond acceptors (Lipinski definition) is 2. The Labute approximate surface area is 122 Å². The molecule has 2 heteroatoms. The van der Waals surface area contributed by atoms with Gasteiger partial charge in [-0.05, 0) is 55.9 Å². The standard InChI is InChI=1S/C18H27NO/c1-14-3-5-15(6-4-14)16-11-17(12-16)19-13-18(7-8-18)9-10-20-2/h3-6,16-17,19H,7-13H2,1-2H3. The van der Waals surface area contributed by atoms with E-state index in [9.17, 15) is 0 Å². The zero-order valence-electron chi connectivity index (χ0n) is 12.8. The van der Waals surface area contributed by atoms with Gasteiger partial charge in [0.05, 0.1) is 0 Å². The average molecular weight is 273 g/mol. The van der Waals surface area contributed by atoms with Gasteiger partial charge < -0.3 is 10.1 Å². The lowest BCUT2D eigenvalue weighted by atomic mass is 9.75. The summed E-state index contributed by atoms with van der Waals surface area (Å²) in [5.74, 6) is 0.780. The van der Waals surface area contributed by atoms with Crippen LogP contribution < -0.4 is 5.32 Å². The second-order valence-corrected chi connectivity index (χ2v) is 6.90. The van der Waals surface area contributed by atoms with Gasteiger partial charge in [0.1, 0.15) is 0 Å². The number of rotatable bonds is 7. The van der Waals surface area contributed by atoms with Crippen molar-refractivity contribution < 1.29 is 4.74 Å². The van der Waals surface area contributed by atoms with Crippen LogP contribution in [0.3, 0.4) is 0 Å². The van der Waals surface area contributed by atoms with Gasteiger partial charge in [-0.3, -0.25) is 0 Å². The van der Waals surface area contributed by atoms with E-state index in [1.54, 1.807) is 0 Å². The van der Waals surface area contributed by atoms with Gasteiger partial charge in [0.25, 0.3) is 0 Å². The van der Waals surface area contributed by atoms with Crippen molar-refractivity contribution in [3.8, 4) is 0 Å². The number of benzene rings is 1. The maximum absolute atomic E-state index is 5.22. The highest BCUT2D eigenvalue weighted by molar-refractivity contribution is 5.26. The van der Waals surface area contributed by atoms with Crippen LogP contribution >= 0.6 is 0 Å². The highest BCUT2D eigenvalue weighted by Gasteiger charge is 2.42. The fourth-order valence-electron chi connectivity index (χ4n) is 3.27. The molecule has 2 aliphatic rings. The molecule has 0 heterocycles. The van der Waals surface area contributed by atoms with Crippen molar-refractivity contribution in [2.24, 2.45) is 5.41 Å². The van der Waals surface area contributed by atoms with Crippen LogP contribution in [0.25, 0.3) is 0 Å². The molecular formula is C18H27NO. The number of ether oxygens (including phenoxy) is 1. The van der Waals surface area contributed by atoms with Gasteiger partial charge in [-0.1, -0.05) is 29.8 Å². The molecule has 0 aromatic heterocycles. The lowest BCUT2D eigenvalue weighted by Crippen LogP contribution is -2.42. The van der Waals surface area contributed by atoms with Crippen LogP contribution in [-0.4, -0.2) is 26.3 Å². The largest absolute Gasteiger partial charge is 0.385 e. The number of nitrogens with one attached hydrogen (secondary N) is 1. The molecule has 0 saturated heterocycles. The van der Waals surface area contributed by atoms with E-state index in [0.29, 0.717) is 5.41 Å². The third-order valence-electron chi connectivity index (χ3n) is 5.25. The van der Waals surface area contributed by atoms with E-state index in [-0.39, 0.29) is 0 Å². The summed E-state index contributed by atoms with van der Waals surface area (Å²) in [4.78, 5) is 0. The monoisotopic (exact) mass is 273 g/mol. The predicted octanol–water partition coefficient (Wildman–Crippen LogP) is 3.65. The van der Waals surface area contributed by atoms with E-state index in [2.05, 4.69) is 36.5 Å². The van der Waals surface area contributed by atoms with Crippen LogP contribution in [0, 0.1) is 12.3 Å². The molecule has 2 nitrogen and oxygen atoms in total. The maximum atomic E-state index is 5.22. The molecular weight excluding hydrogens is 246 g/mol. The van der Waals surface area contributed by atoms with Gasteiger partial charge in [-0.25, -0.2) is 0 Å². The van der Waals surface area contributed by atoms with Gasteiger partial charge in [0.2, 0.25) is 0 Å².